The number of furan rings is 1. The molecule has 1 aromatic heterocycles. The highest BCUT2D eigenvalue weighted by Crippen LogP contribution is 2.52. The molecule has 2 heteroatoms. The van der Waals surface area contributed by atoms with Gasteiger partial charge in [0.25, 0.3) is 0 Å². The molecule has 0 fully saturated rings. The maximum absolute atomic E-state index is 6.74. The van der Waals surface area contributed by atoms with E-state index in [1.54, 1.807) is 0 Å². The highest BCUT2D eigenvalue weighted by Gasteiger charge is 2.36. The van der Waals surface area contributed by atoms with Crippen LogP contribution in [-0.2, 0) is 5.41 Å². The molecule has 7 aromatic carbocycles. The van der Waals surface area contributed by atoms with Crippen LogP contribution in [0.3, 0.4) is 0 Å². The van der Waals surface area contributed by atoms with Crippen molar-refractivity contribution in [3.8, 4) is 22.3 Å². The van der Waals surface area contributed by atoms with Crippen molar-refractivity contribution in [1.29, 1.82) is 0 Å². The van der Waals surface area contributed by atoms with E-state index in [4.69, 9.17) is 4.42 Å². The van der Waals surface area contributed by atoms with E-state index >= 15 is 0 Å². The summed E-state index contributed by atoms with van der Waals surface area (Å²) < 4.78 is 6.74. The molecule has 214 valence electrons. The first-order valence-corrected chi connectivity index (χ1v) is 15.6. The smallest absolute Gasteiger partial charge is 0.143 e. The highest BCUT2D eigenvalue weighted by atomic mass is 16.3. The molecule has 0 saturated carbocycles. The van der Waals surface area contributed by atoms with Gasteiger partial charge >= 0.3 is 0 Å². The summed E-state index contributed by atoms with van der Waals surface area (Å²) in [5.41, 5.74) is 12.8. The largest absolute Gasteiger partial charge is 0.455 e. The third-order valence-corrected chi connectivity index (χ3v) is 9.65. The predicted octanol–water partition coefficient (Wildman–Crippen LogP) is 12.2. The summed E-state index contributed by atoms with van der Waals surface area (Å²) in [5.74, 6) is 0. The average molecular weight is 578 g/mol. The number of rotatable bonds is 4. The van der Waals surface area contributed by atoms with E-state index in [2.05, 4.69) is 170 Å². The van der Waals surface area contributed by atoms with E-state index in [0.29, 0.717) is 0 Å². The van der Waals surface area contributed by atoms with Gasteiger partial charge in [-0.3, -0.25) is 0 Å². The van der Waals surface area contributed by atoms with Crippen molar-refractivity contribution in [1.82, 2.24) is 0 Å². The molecular weight excluding hydrogens is 546 g/mol. The summed E-state index contributed by atoms with van der Waals surface area (Å²) in [6.07, 6.45) is 0. The highest BCUT2D eigenvalue weighted by molar-refractivity contribution is 6.22. The first kappa shape index (κ1) is 25.9. The molecule has 0 radical (unpaired) electrons. The van der Waals surface area contributed by atoms with E-state index in [0.717, 1.165) is 44.4 Å². The van der Waals surface area contributed by atoms with Gasteiger partial charge in [0.15, 0.2) is 0 Å². The van der Waals surface area contributed by atoms with Gasteiger partial charge < -0.3 is 9.32 Å². The second-order valence-corrected chi connectivity index (χ2v) is 12.5. The molecule has 0 aliphatic heterocycles. The fourth-order valence-electron chi connectivity index (χ4n) is 7.51. The summed E-state index contributed by atoms with van der Waals surface area (Å²) >= 11 is 0. The van der Waals surface area contributed by atoms with E-state index in [-0.39, 0.29) is 5.41 Å². The Labute approximate surface area is 262 Å². The van der Waals surface area contributed by atoms with Gasteiger partial charge in [-0.15, -0.1) is 0 Å². The van der Waals surface area contributed by atoms with Crippen LogP contribution in [0.1, 0.15) is 25.0 Å². The Morgan fingerprint density at radius 2 is 1.18 bits per heavy atom. The number of nitrogens with zero attached hydrogens (tertiary/aromatic N) is 1. The summed E-state index contributed by atoms with van der Waals surface area (Å²) in [4.78, 5) is 2.40. The Morgan fingerprint density at radius 1 is 0.489 bits per heavy atom. The molecule has 9 rings (SSSR count). The summed E-state index contributed by atoms with van der Waals surface area (Å²) in [5, 5.41) is 4.55. The standard InChI is InChI=1S/C43H31NO/c1-43(2)37-21-12-11-19-32(37)33-25-24-30(26-38(33)43)44(29-16-7-4-8-17-29)39-22-13-23-40-41(39)36-27-35(28-14-5-3-6-15-28)31-18-9-10-20-34(31)42(36)45-40/h3-27H,1-2H3. The minimum Gasteiger partial charge on any atom is -0.455 e. The zero-order chi connectivity index (χ0) is 30.1. The van der Waals surface area contributed by atoms with Crippen molar-refractivity contribution >= 4 is 49.8 Å². The van der Waals surface area contributed by atoms with Crippen LogP contribution < -0.4 is 4.90 Å². The van der Waals surface area contributed by atoms with Crippen molar-refractivity contribution in [3.05, 3.63) is 163 Å². The van der Waals surface area contributed by atoms with Gasteiger partial charge in [0.2, 0.25) is 0 Å². The Kier molecular flexibility index (Phi) is 5.58. The number of hydrogen-bond donors (Lipinski definition) is 0. The molecule has 2 nitrogen and oxygen atoms in total. The second kappa shape index (κ2) is 9.70. The third-order valence-electron chi connectivity index (χ3n) is 9.65. The zero-order valence-electron chi connectivity index (χ0n) is 25.3. The van der Waals surface area contributed by atoms with Gasteiger partial charge in [-0.1, -0.05) is 123 Å². The Morgan fingerprint density at radius 3 is 2.00 bits per heavy atom. The van der Waals surface area contributed by atoms with E-state index in [1.807, 2.05) is 0 Å². The van der Waals surface area contributed by atoms with Crippen LogP contribution in [0.5, 0.6) is 0 Å². The molecule has 8 aromatic rings. The lowest BCUT2D eigenvalue weighted by Crippen LogP contribution is -2.16. The van der Waals surface area contributed by atoms with Crippen molar-refractivity contribution in [2.75, 3.05) is 4.90 Å². The second-order valence-electron chi connectivity index (χ2n) is 12.5. The van der Waals surface area contributed by atoms with Gasteiger partial charge in [-0.05, 0) is 81.2 Å². The predicted molar refractivity (Wildman–Crippen MR) is 189 cm³/mol. The number of para-hydroxylation sites is 1. The number of hydrogen-bond acceptors (Lipinski definition) is 2. The summed E-state index contributed by atoms with van der Waals surface area (Å²) in [6.45, 7) is 4.68. The average Bonchev–Trinajstić information content (AvgIpc) is 3.58. The molecule has 0 bridgehead atoms. The Balaban J connectivity index is 1.34. The van der Waals surface area contributed by atoms with E-state index < -0.39 is 0 Å². The number of anilines is 3. The first-order valence-electron chi connectivity index (χ1n) is 15.6. The van der Waals surface area contributed by atoms with Crippen LogP contribution in [0, 0.1) is 0 Å². The quantitative estimate of drug-likeness (QED) is 0.207. The molecule has 0 atom stereocenters. The lowest BCUT2D eigenvalue weighted by Gasteiger charge is -2.28. The van der Waals surface area contributed by atoms with Gasteiger partial charge in [-0.2, -0.15) is 0 Å². The normalized spacial score (nSPS) is 13.3. The number of fused-ring (bicyclic) bond motifs is 8. The molecule has 0 unspecified atom stereocenters. The molecule has 1 heterocycles. The van der Waals surface area contributed by atoms with Crippen molar-refractivity contribution < 1.29 is 4.42 Å². The van der Waals surface area contributed by atoms with Crippen LogP contribution >= 0.6 is 0 Å². The van der Waals surface area contributed by atoms with Crippen LogP contribution in [-0.4, -0.2) is 0 Å². The minimum absolute atomic E-state index is 0.0951. The Hall–Kier alpha value is -5.60. The Bertz CT molecular complexity index is 2400. The van der Waals surface area contributed by atoms with Gasteiger partial charge in [0.1, 0.15) is 11.2 Å². The zero-order valence-corrected chi connectivity index (χ0v) is 25.3. The van der Waals surface area contributed by atoms with Gasteiger partial charge in [-0.25, -0.2) is 0 Å². The maximum atomic E-state index is 6.74. The van der Waals surface area contributed by atoms with Gasteiger partial charge in [0.05, 0.1) is 11.1 Å². The third kappa shape index (κ3) is 3.82. The molecule has 0 amide bonds. The lowest BCUT2D eigenvalue weighted by atomic mass is 9.82. The molecule has 1 aliphatic rings. The summed E-state index contributed by atoms with van der Waals surface area (Å²) in [7, 11) is 0. The molecular formula is C43H31NO. The lowest BCUT2D eigenvalue weighted by molar-refractivity contribution is 0.660. The molecule has 0 saturated heterocycles. The fraction of sp³-hybridized carbons (Fsp3) is 0.0698. The van der Waals surface area contributed by atoms with Crippen LogP contribution in [0.4, 0.5) is 17.1 Å². The van der Waals surface area contributed by atoms with Gasteiger partial charge in [0, 0.05) is 27.6 Å². The molecule has 0 N–H and O–H groups in total. The number of benzene rings is 7. The summed E-state index contributed by atoms with van der Waals surface area (Å²) in [6, 6.07) is 54.5. The van der Waals surface area contributed by atoms with Crippen molar-refractivity contribution in [2.24, 2.45) is 0 Å². The molecule has 45 heavy (non-hydrogen) atoms. The van der Waals surface area contributed by atoms with Crippen molar-refractivity contribution in [2.45, 2.75) is 19.3 Å². The fourth-order valence-corrected chi connectivity index (χ4v) is 7.51. The SMILES string of the molecule is CC1(C)c2ccccc2-c2ccc(N(c3ccccc3)c3cccc4oc5c6ccccc6c(-c6ccccc6)cc5c34)cc21. The van der Waals surface area contributed by atoms with Crippen LogP contribution in [0.25, 0.3) is 55.0 Å². The maximum Gasteiger partial charge on any atom is 0.143 e. The van der Waals surface area contributed by atoms with E-state index in [9.17, 15) is 0 Å². The van der Waals surface area contributed by atoms with Crippen LogP contribution in [0.15, 0.2) is 156 Å². The molecule has 0 spiro atoms. The van der Waals surface area contributed by atoms with E-state index in [1.165, 1.54) is 38.8 Å². The first-order chi connectivity index (χ1) is 22.1. The van der Waals surface area contributed by atoms with Crippen LogP contribution in [0.2, 0.25) is 0 Å². The monoisotopic (exact) mass is 577 g/mol. The molecule has 1 aliphatic carbocycles. The van der Waals surface area contributed by atoms with Crippen molar-refractivity contribution in [3.63, 3.8) is 0 Å². The minimum atomic E-state index is -0.0951. The topological polar surface area (TPSA) is 16.4 Å².